The molecule has 0 saturated carbocycles. The van der Waals surface area contributed by atoms with Crippen LogP contribution in [0.4, 0.5) is 0 Å². The molecule has 0 saturated heterocycles. The van der Waals surface area contributed by atoms with E-state index in [4.69, 9.17) is 4.52 Å². The van der Waals surface area contributed by atoms with E-state index in [1.807, 2.05) is 38.1 Å². The second-order valence-corrected chi connectivity index (χ2v) is 5.91. The molecular formula is C15H17BrN2O3. The summed E-state index contributed by atoms with van der Waals surface area (Å²) in [4.78, 5) is 15.8. The van der Waals surface area contributed by atoms with Gasteiger partial charge in [0.2, 0.25) is 11.7 Å². The lowest BCUT2D eigenvalue weighted by molar-refractivity contribution is -0.149. The van der Waals surface area contributed by atoms with Crippen LogP contribution >= 0.6 is 15.9 Å². The molecular weight excluding hydrogens is 336 g/mol. The summed E-state index contributed by atoms with van der Waals surface area (Å²) in [6.07, 6.45) is 1.29. The Labute approximate surface area is 131 Å². The molecule has 0 bridgehead atoms. The number of aromatic nitrogens is 2. The summed E-state index contributed by atoms with van der Waals surface area (Å²) < 4.78 is 6.15. The Bertz CT molecular complexity index is 635. The second kappa shape index (κ2) is 6.39. The van der Waals surface area contributed by atoms with Gasteiger partial charge in [0.05, 0.1) is 5.41 Å². The van der Waals surface area contributed by atoms with Gasteiger partial charge in [-0.25, -0.2) is 0 Å². The van der Waals surface area contributed by atoms with Crippen molar-refractivity contribution < 1.29 is 14.4 Å². The summed E-state index contributed by atoms with van der Waals surface area (Å²) in [5, 5.41) is 13.4. The molecule has 0 atom stereocenters. The zero-order valence-corrected chi connectivity index (χ0v) is 13.6. The fraction of sp³-hybridized carbons (Fsp3) is 0.400. The van der Waals surface area contributed by atoms with Gasteiger partial charge in [0.25, 0.3) is 0 Å². The van der Waals surface area contributed by atoms with Crippen LogP contribution in [-0.2, 0) is 11.2 Å². The van der Waals surface area contributed by atoms with Crippen LogP contribution in [0, 0.1) is 5.41 Å². The van der Waals surface area contributed by atoms with Crippen molar-refractivity contribution in [1.29, 1.82) is 0 Å². The third kappa shape index (κ3) is 3.32. The van der Waals surface area contributed by atoms with Crippen LogP contribution in [0.5, 0.6) is 0 Å². The zero-order valence-electron chi connectivity index (χ0n) is 12.0. The predicted octanol–water partition coefficient (Wildman–Crippen LogP) is 3.93. The molecule has 2 aromatic rings. The van der Waals surface area contributed by atoms with E-state index in [1.165, 1.54) is 0 Å². The van der Waals surface area contributed by atoms with E-state index in [2.05, 4.69) is 26.1 Å². The van der Waals surface area contributed by atoms with Crippen LogP contribution in [0.3, 0.4) is 0 Å². The summed E-state index contributed by atoms with van der Waals surface area (Å²) in [5.41, 5.74) is -0.0190. The first-order valence-corrected chi connectivity index (χ1v) is 7.62. The quantitative estimate of drug-likeness (QED) is 0.851. The van der Waals surface area contributed by atoms with Crippen molar-refractivity contribution in [2.24, 2.45) is 5.41 Å². The van der Waals surface area contributed by atoms with Crippen LogP contribution in [0.2, 0.25) is 0 Å². The van der Waals surface area contributed by atoms with Crippen molar-refractivity contribution in [1.82, 2.24) is 10.1 Å². The van der Waals surface area contributed by atoms with E-state index >= 15 is 0 Å². The molecule has 1 N–H and O–H groups in total. The Balaban J connectivity index is 2.26. The molecule has 2 rings (SSSR count). The number of carbonyl (C=O) groups is 1. The molecule has 21 heavy (non-hydrogen) atoms. The first-order chi connectivity index (χ1) is 10.0. The number of nitrogens with zero attached hydrogens (tertiary/aromatic N) is 2. The molecule has 0 spiro atoms. The molecule has 112 valence electrons. The molecule has 1 aromatic carbocycles. The molecule has 0 fully saturated rings. The Kier molecular flexibility index (Phi) is 4.77. The molecule has 1 aromatic heterocycles. The van der Waals surface area contributed by atoms with Crippen LogP contribution in [0.1, 0.15) is 32.6 Å². The standard InChI is InChI=1S/C15H17BrN2O3/c1-3-15(4-2,14(19)20)9-12-17-13(18-21-12)10-6-5-7-11(16)8-10/h5-8H,3-4,9H2,1-2H3,(H,19,20). The fourth-order valence-corrected chi connectivity index (χ4v) is 2.64. The molecule has 1 heterocycles. The highest BCUT2D eigenvalue weighted by molar-refractivity contribution is 9.10. The van der Waals surface area contributed by atoms with E-state index in [9.17, 15) is 9.90 Å². The van der Waals surface area contributed by atoms with Crippen molar-refractivity contribution in [3.8, 4) is 11.4 Å². The minimum absolute atomic E-state index is 0.246. The summed E-state index contributed by atoms with van der Waals surface area (Å²) in [6.45, 7) is 3.73. The lowest BCUT2D eigenvalue weighted by Crippen LogP contribution is -2.32. The van der Waals surface area contributed by atoms with Gasteiger partial charge in [-0.05, 0) is 25.0 Å². The monoisotopic (exact) mass is 352 g/mol. The highest BCUT2D eigenvalue weighted by Crippen LogP contribution is 2.31. The summed E-state index contributed by atoms with van der Waals surface area (Å²) in [6, 6.07) is 7.56. The van der Waals surface area contributed by atoms with Crippen LogP contribution in [0.25, 0.3) is 11.4 Å². The van der Waals surface area contributed by atoms with Crippen molar-refractivity contribution in [3.05, 3.63) is 34.6 Å². The minimum atomic E-state index is -0.846. The number of hydrogen-bond acceptors (Lipinski definition) is 4. The van der Waals surface area contributed by atoms with Gasteiger partial charge in [-0.1, -0.05) is 47.1 Å². The molecule has 6 heteroatoms. The molecule has 0 aliphatic rings. The highest BCUT2D eigenvalue weighted by Gasteiger charge is 2.37. The molecule has 0 unspecified atom stereocenters. The van der Waals surface area contributed by atoms with E-state index in [-0.39, 0.29) is 6.42 Å². The third-order valence-corrected chi connectivity index (χ3v) is 4.34. The number of halogens is 1. The van der Waals surface area contributed by atoms with E-state index in [1.54, 1.807) is 0 Å². The lowest BCUT2D eigenvalue weighted by atomic mass is 9.79. The third-order valence-electron chi connectivity index (χ3n) is 3.85. The van der Waals surface area contributed by atoms with Crippen LogP contribution < -0.4 is 0 Å². The number of aliphatic carboxylic acids is 1. The SMILES string of the molecule is CCC(CC)(Cc1nc(-c2cccc(Br)c2)no1)C(=O)O. The zero-order chi connectivity index (χ0) is 15.5. The normalized spacial score (nSPS) is 11.6. The summed E-state index contributed by atoms with van der Waals surface area (Å²) in [7, 11) is 0. The maximum atomic E-state index is 11.5. The first-order valence-electron chi connectivity index (χ1n) is 6.82. The Hall–Kier alpha value is -1.69. The van der Waals surface area contributed by atoms with Gasteiger partial charge in [0.15, 0.2) is 0 Å². The van der Waals surface area contributed by atoms with Crippen molar-refractivity contribution in [2.75, 3.05) is 0 Å². The van der Waals surface area contributed by atoms with Crippen molar-refractivity contribution >= 4 is 21.9 Å². The largest absolute Gasteiger partial charge is 0.481 e. The average molecular weight is 353 g/mol. The van der Waals surface area contributed by atoms with E-state index in [0.29, 0.717) is 24.6 Å². The van der Waals surface area contributed by atoms with Crippen LogP contribution in [-0.4, -0.2) is 21.2 Å². The van der Waals surface area contributed by atoms with Gasteiger partial charge in [-0.3, -0.25) is 4.79 Å². The van der Waals surface area contributed by atoms with E-state index < -0.39 is 11.4 Å². The molecule has 0 amide bonds. The Morgan fingerprint density at radius 1 is 1.38 bits per heavy atom. The lowest BCUT2D eigenvalue weighted by Gasteiger charge is -2.24. The maximum Gasteiger partial charge on any atom is 0.310 e. The number of hydrogen-bond donors (Lipinski definition) is 1. The van der Waals surface area contributed by atoms with Gasteiger partial charge in [-0.15, -0.1) is 0 Å². The Morgan fingerprint density at radius 2 is 2.10 bits per heavy atom. The van der Waals surface area contributed by atoms with Gasteiger partial charge < -0.3 is 9.63 Å². The number of rotatable bonds is 6. The van der Waals surface area contributed by atoms with Gasteiger partial charge in [-0.2, -0.15) is 4.98 Å². The number of benzene rings is 1. The first kappa shape index (κ1) is 15.7. The minimum Gasteiger partial charge on any atom is -0.481 e. The van der Waals surface area contributed by atoms with Gasteiger partial charge >= 0.3 is 5.97 Å². The fourth-order valence-electron chi connectivity index (χ4n) is 2.24. The van der Waals surface area contributed by atoms with Gasteiger partial charge in [0.1, 0.15) is 0 Å². The molecule has 0 radical (unpaired) electrons. The average Bonchev–Trinajstić information content (AvgIpc) is 2.93. The molecule has 0 aliphatic heterocycles. The molecule has 0 aliphatic carbocycles. The summed E-state index contributed by atoms with van der Waals surface area (Å²) >= 11 is 3.39. The maximum absolute atomic E-state index is 11.5. The second-order valence-electron chi connectivity index (χ2n) is 4.99. The smallest absolute Gasteiger partial charge is 0.310 e. The highest BCUT2D eigenvalue weighted by atomic mass is 79.9. The van der Waals surface area contributed by atoms with Crippen molar-refractivity contribution in [3.63, 3.8) is 0 Å². The number of carboxylic acids is 1. The Morgan fingerprint density at radius 3 is 2.67 bits per heavy atom. The van der Waals surface area contributed by atoms with Crippen molar-refractivity contribution in [2.45, 2.75) is 33.1 Å². The van der Waals surface area contributed by atoms with Gasteiger partial charge in [0, 0.05) is 16.5 Å². The molecule has 5 nitrogen and oxygen atoms in total. The number of carboxylic acid groups (broad SMARTS) is 1. The summed E-state index contributed by atoms with van der Waals surface area (Å²) in [5.74, 6) is 0.00331. The van der Waals surface area contributed by atoms with Crippen LogP contribution in [0.15, 0.2) is 33.3 Å². The predicted molar refractivity (Wildman–Crippen MR) is 81.8 cm³/mol. The van der Waals surface area contributed by atoms with E-state index in [0.717, 1.165) is 10.0 Å². The topological polar surface area (TPSA) is 76.2 Å².